The Balaban J connectivity index is 1.25. The lowest BCUT2D eigenvalue weighted by molar-refractivity contribution is -0.142. The summed E-state index contributed by atoms with van der Waals surface area (Å²) in [4.78, 5) is 30.0. The lowest BCUT2D eigenvalue weighted by Crippen LogP contribution is -2.42. The van der Waals surface area contributed by atoms with Crippen molar-refractivity contribution in [2.45, 2.75) is 76.3 Å². The van der Waals surface area contributed by atoms with Gasteiger partial charge in [-0.25, -0.2) is 4.98 Å². The highest BCUT2D eigenvalue weighted by Gasteiger charge is 2.32. The van der Waals surface area contributed by atoms with Gasteiger partial charge in [0.1, 0.15) is 0 Å². The highest BCUT2D eigenvalue weighted by atomic mass is 32.1. The first-order valence-electron chi connectivity index (χ1n) is 10.3. The van der Waals surface area contributed by atoms with Gasteiger partial charge < -0.3 is 15.7 Å². The summed E-state index contributed by atoms with van der Waals surface area (Å²) in [7, 11) is 0. The molecule has 1 aromatic rings. The molecule has 0 unspecified atom stereocenters. The maximum absolute atomic E-state index is 12.6. The van der Waals surface area contributed by atoms with Crippen LogP contribution in [0.15, 0.2) is 0 Å². The Bertz CT molecular complexity index is 665. The number of amides is 1. The zero-order chi connectivity index (χ0) is 18.8. The fraction of sp³-hybridized carbons (Fsp3) is 0.750. The van der Waals surface area contributed by atoms with Crippen LogP contribution in [0.5, 0.6) is 0 Å². The van der Waals surface area contributed by atoms with Gasteiger partial charge in [-0.2, -0.15) is 0 Å². The van der Waals surface area contributed by atoms with Crippen molar-refractivity contribution in [3.63, 3.8) is 0 Å². The zero-order valence-electron chi connectivity index (χ0n) is 15.7. The standard InChI is InChI=1S/C20H29N3O3S/c24-18(22-15-7-5-14(6-8-15)20(25)26)12-1-3-13(4-2-12)19-23-16-9-10-21-11-17(16)27-19/h12-15,21H,1-11H2,(H,22,24)(H,25,26). The molecule has 0 spiro atoms. The molecule has 1 amide bonds. The molecule has 0 bridgehead atoms. The van der Waals surface area contributed by atoms with Gasteiger partial charge in [-0.1, -0.05) is 0 Å². The van der Waals surface area contributed by atoms with Gasteiger partial charge in [0, 0.05) is 42.3 Å². The van der Waals surface area contributed by atoms with Gasteiger partial charge in [0.25, 0.3) is 0 Å². The summed E-state index contributed by atoms with van der Waals surface area (Å²) < 4.78 is 0. The molecule has 2 heterocycles. The van der Waals surface area contributed by atoms with E-state index in [-0.39, 0.29) is 23.8 Å². The Morgan fingerprint density at radius 2 is 1.74 bits per heavy atom. The molecule has 2 saturated carbocycles. The minimum atomic E-state index is -0.697. The Labute approximate surface area is 164 Å². The molecule has 2 aliphatic carbocycles. The summed E-state index contributed by atoms with van der Waals surface area (Å²) in [5, 5.41) is 17.0. The summed E-state index contributed by atoms with van der Waals surface area (Å²) >= 11 is 1.86. The number of carbonyl (C=O) groups is 2. The molecule has 0 aromatic carbocycles. The first-order valence-corrected chi connectivity index (χ1v) is 11.1. The van der Waals surface area contributed by atoms with Crippen LogP contribution in [0.2, 0.25) is 0 Å². The van der Waals surface area contributed by atoms with Crippen LogP contribution in [0, 0.1) is 11.8 Å². The summed E-state index contributed by atoms with van der Waals surface area (Å²) in [5.41, 5.74) is 1.28. The molecule has 4 rings (SSSR count). The third-order valence-electron chi connectivity index (χ3n) is 6.49. The van der Waals surface area contributed by atoms with Gasteiger partial charge in [-0.15, -0.1) is 11.3 Å². The molecule has 0 saturated heterocycles. The third kappa shape index (κ3) is 4.35. The smallest absolute Gasteiger partial charge is 0.306 e. The lowest BCUT2D eigenvalue weighted by atomic mass is 9.81. The predicted octanol–water partition coefficient (Wildman–Crippen LogP) is 2.82. The van der Waals surface area contributed by atoms with Gasteiger partial charge in [0.05, 0.1) is 16.6 Å². The van der Waals surface area contributed by atoms with Crippen molar-refractivity contribution in [2.75, 3.05) is 6.54 Å². The Kier molecular flexibility index (Phi) is 5.78. The van der Waals surface area contributed by atoms with Gasteiger partial charge >= 0.3 is 5.97 Å². The van der Waals surface area contributed by atoms with Crippen molar-refractivity contribution in [1.82, 2.24) is 15.6 Å². The minimum Gasteiger partial charge on any atom is -0.481 e. The van der Waals surface area contributed by atoms with Crippen molar-refractivity contribution >= 4 is 23.2 Å². The number of nitrogens with one attached hydrogen (secondary N) is 2. The average molecular weight is 392 g/mol. The van der Waals surface area contributed by atoms with Crippen molar-refractivity contribution in [1.29, 1.82) is 0 Å². The van der Waals surface area contributed by atoms with E-state index in [4.69, 9.17) is 10.1 Å². The maximum atomic E-state index is 12.6. The predicted molar refractivity (Wildman–Crippen MR) is 104 cm³/mol. The van der Waals surface area contributed by atoms with Crippen LogP contribution in [-0.2, 0) is 22.6 Å². The molecule has 2 fully saturated rings. The molecule has 3 N–H and O–H groups in total. The van der Waals surface area contributed by atoms with Crippen molar-refractivity contribution in [2.24, 2.45) is 11.8 Å². The summed E-state index contributed by atoms with van der Waals surface area (Å²) in [6, 6.07) is 0.156. The third-order valence-corrected chi connectivity index (χ3v) is 7.75. The van der Waals surface area contributed by atoms with Gasteiger partial charge in [0.2, 0.25) is 5.91 Å². The Hall–Kier alpha value is -1.47. The van der Waals surface area contributed by atoms with Gasteiger partial charge in [0.15, 0.2) is 0 Å². The summed E-state index contributed by atoms with van der Waals surface area (Å²) in [6.07, 6.45) is 7.93. The van der Waals surface area contributed by atoms with Gasteiger partial charge in [-0.3, -0.25) is 9.59 Å². The summed E-state index contributed by atoms with van der Waals surface area (Å²) in [6.45, 7) is 1.98. The van der Waals surface area contributed by atoms with Crippen LogP contribution in [-0.4, -0.2) is 34.6 Å². The second kappa shape index (κ2) is 8.27. The second-order valence-electron chi connectivity index (χ2n) is 8.29. The maximum Gasteiger partial charge on any atom is 0.306 e. The first-order chi connectivity index (χ1) is 13.1. The van der Waals surface area contributed by atoms with E-state index >= 15 is 0 Å². The van der Waals surface area contributed by atoms with Crippen LogP contribution in [0.3, 0.4) is 0 Å². The average Bonchev–Trinajstić information content (AvgIpc) is 3.13. The largest absolute Gasteiger partial charge is 0.481 e. The molecular formula is C20H29N3O3S. The number of thiazole rings is 1. The molecule has 7 heteroatoms. The number of rotatable bonds is 4. The monoisotopic (exact) mass is 391 g/mol. The van der Waals surface area contributed by atoms with E-state index in [0.717, 1.165) is 58.0 Å². The van der Waals surface area contributed by atoms with E-state index in [9.17, 15) is 9.59 Å². The number of carboxylic acid groups (broad SMARTS) is 1. The van der Waals surface area contributed by atoms with E-state index < -0.39 is 5.97 Å². The lowest BCUT2D eigenvalue weighted by Gasteiger charge is -2.31. The number of hydrogen-bond acceptors (Lipinski definition) is 5. The second-order valence-corrected chi connectivity index (χ2v) is 9.41. The van der Waals surface area contributed by atoms with E-state index in [1.54, 1.807) is 0 Å². The fourth-order valence-corrected chi connectivity index (χ4v) is 5.98. The topological polar surface area (TPSA) is 91.3 Å². The number of aromatic nitrogens is 1. The van der Waals surface area contributed by atoms with Crippen LogP contribution >= 0.6 is 11.3 Å². The van der Waals surface area contributed by atoms with Crippen LogP contribution in [0.25, 0.3) is 0 Å². The molecule has 6 nitrogen and oxygen atoms in total. The quantitative estimate of drug-likeness (QED) is 0.734. The van der Waals surface area contributed by atoms with Crippen LogP contribution < -0.4 is 10.6 Å². The summed E-state index contributed by atoms with van der Waals surface area (Å²) in [5.74, 6) is -0.133. The molecule has 1 aliphatic heterocycles. The molecule has 1 aromatic heterocycles. The van der Waals surface area contributed by atoms with E-state index in [2.05, 4.69) is 10.6 Å². The van der Waals surface area contributed by atoms with E-state index in [1.807, 2.05) is 11.3 Å². The van der Waals surface area contributed by atoms with Crippen molar-refractivity contribution in [3.8, 4) is 0 Å². The first kappa shape index (κ1) is 18.9. The molecule has 3 aliphatic rings. The SMILES string of the molecule is O=C(O)C1CCC(NC(=O)C2CCC(c3nc4c(s3)CNCC4)CC2)CC1. The molecule has 0 radical (unpaired) electrons. The molecule has 0 atom stereocenters. The highest BCUT2D eigenvalue weighted by molar-refractivity contribution is 7.11. The minimum absolute atomic E-state index is 0.106. The number of carbonyl (C=O) groups excluding carboxylic acids is 1. The number of carboxylic acids is 1. The number of fused-ring (bicyclic) bond motifs is 1. The number of hydrogen-bond donors (Lipinski definition) is 3. The normalized spacial score (nSPS) is 31.1. The van der Waals surface area contributed by atoms with Crippen molar-refractivity contribution < 1.29 is 14.7 Å². The number of nitrogens with zero attached hydrogens (tertiary/aromatic N) is 1. The zero-order valence-corrected chi connectivity index (χ0v) is 16.5. The molecule has 148 valence electrons. The highest BCUT2D eigenvalue weighted by Crippen LogP contribution is 2.39. The Morgan fingerprint density at radius 3 is 2.41 bits per heavy atom. The fourth-order valence-electron chi connectivity index (χ4n) is 4.73. The van der Waals surface area contributed by atoms with Gasteiger partial charge in [-0.05, 0) is 51.4 Å². The number of aliphatic carboxylic acids is 1. The van der Waals surface area contributed by atoms with Crippen LogP contribution in [0.1, 0.15) is 72.9 Å². The van der Waals surface area contributed by atoms with Crippen molar-refractivity contribution in [3.05, 3.63) is 15.6 Å². The molecular weight excluding hydrogens is 362 g/mol. The van der Waals surface area contributed by atoms with Crippen LogP contribution in [0.4, 0.5) is 0 Å². The van der Waals surface area contributed by atoms with E-state index in [1.165, 1.54) is 15.6 Å². The van der Waals surface area contributed by atoms with E-state index in [0.29, 0.717) is 18.8 Å². The Morgan fingerprint density at radius 1 is 1.04 bits per heavy atom. The molecule has 27 heavy (non-hydrogen) atoms.